The Hall–Kier alpha value is -0.940. The Balaban J connectivity index is 2.62. The minimum absolute atomic E-state index is 0.0315. The van der Waals surface area contributed by atoms with Crippen molar-refractivity contribution in [1.82, 2.24) is 0 Å². The molecule has 0 atom stereocenters. The monoisotopic (exact) mass is 277 g/mol. The first kappa shape index (κ1) is 14.1. The predicted octanol–water partition coefficient (Wildman–Crippen LogP) is 2.46. The van der Waals surface area contributed by atoms with E-state index >= 15 is 0 Å². The molecule has 1 N–H and O–H groups in total. The van der Waals surface area contributed by atoms with Crippen molar-refractivity contribution in [3.05, 3.63) is 24.3 Å². The van der Waals surface area contributed by atoms with Crippen LogP contribution in [0.15, 0.2) is 24.3 Å². The predicted molar refractivity (Wildman–Crippen MR) is 70.4 cm³/mol. The van der Waals surface area contributed by atoms with Crippen LogP contribution in [0.5, 0.6) is 5.75 Å². The molecule has 0 fully saturated rings. The number of sulfonamides is 1. The van der Waals surface area contributed by atoms with E-state index in [0.717, 1.165) is 5.75 Å². The normalized spacial score (nSPS) is 11.2. The number of anilines is 1. The van der Waals surface area contributed by atoms with Gasteiger partial charge in [0.25, 0.3) is 0 Å². The topological polar surface area (TPSA) is 55.4 Å². The summed E-state index contributed by atoms with van der Waals surface area (Å²) >= 11 is 5.46. The molecule has 1 aromatic rings. The van der Waals surface area contributed by atoms with Gasteiger partial charge in [0.15, 0.2) is 0 Å². The second kappa shape index (κ2) is 6.71. The van der Waals surface area contributed by atoms with Gasteiger partial charge in [0.1, 0.15) is 5.75 Å². The molecule has 0 bridgehead atoms. The lowest BCUT2D eigenvalue weighted by Crippen LogP contribution is -2.16. The Labute approximate surface area is 107 Å². The highest BCUT2D eigenvalue weighted by atomic mass is 35.5. The molecule has 0 amide bonds. The number of hydrogen-bond acceptors (Lipinski definition) is 3. The number of hydrogen-bond donors (Lipinski definition) is 1. The third-order valence-electron chi connectivity index (χ3n) is 1.99. The molecular formula is C11H16ClNO3S. The third-order valence-corrected chi connectivity index (χ3v) is 3.63. The van der Waals surface area contributed by atoms with Crippen molar-refractivity contribution in [3.63, 3.8) is 0 Å². The maximum Gasteiger partial charge on any atom is 0.232 e. The van der Waals surface area contributed by atoms with Crippen LogP contribution in [0.1, 0.15) is 13.3 Å². The van der Waals surface area contributed by atoms with Gasteiger partial charge in [0.2, 0.25) is 10.0 Å². The Morgan fingerprint density at radius 3 is 2.47 bits per heavy atom. The lowest BCUT2D eigenvalue weighted by molar-refractivity contribution is 0.340. The highest BCUT2D eigenvalue weighted by Crippen LogP contribution is 2.16. The second-order valence-corrected chi connectivity index (χ2v) is 5.64. The number of ether oxygens (including phenoxy) is 1. The molecule has 0 radical (unpaired) electrons. The van der Waals surface area contributed by atoms with Crippen LogP contribution in [0.25, 0.3) is 0 Å². The molecule has 6 heteroatoms. The molecule has 1 aromatic carbocycles. The molecule has 0 unspecified atom stereocenters. The number of rotatable bonds is 7. The Bertz CT molecular complexity index is 431. The van der Waals surface area contributed by atoms with Gasteiger partial charge in [-0.2, -0.15) is 0 Å². The molecule has 1 rings (SSSR count). The quantitative estimate of drug-likeness (QED) is 0.779. The van der Waals surface area contributed by atoms with Gasteiger partial charge in [-0.3, -0.25) is 4.72 Å². The highest BCUT2D eigenvalue weighted by molar-refractivity contribution is 7.92. The summed E-state index contributed by atoms with van der Waals surface area (Å²) in [4.78, 5) is 0. The van der Waals surface area contributed by atoms with Gasteiger partial charge < -0.3 is 4.74 Å². The van der Waals surface area contributed by atoms with E-state index in [-0.39, 0.29) is 5.75 Å². The van der Waals surface area contributed by atoms with Gasteiger partial charge in [-0.25, -0.2) is 8.42 Å². The van der Waals surface area contributed by atoms with Gasteiger partial charge in [0.05, 0.1) is 12.4 Å². The lowest BCUT2D eigenvalue weighted by atomic mass is 10.3. The van der Waals surface area contributed by atoms with Crippen molar-refractivity contribution < 1.29 is 13.2 Å². The van der Waals surface area contributed by atoms with E-state index in [9.17, 15) is 8.42 Å². The van der Waals surface area contributed by atoms with E-state index in [0.29, 0.717) is 24.6 Å². The fraction of sp³-hybridized carbons (Fsp3) is 0.455. The van der Waals surface area contributed by atoms with Crippen LogP contribution in [0.2, 0.25) is 0 Å². The molecule has 17 heavy (non-hydrogen) atoms. The Morgan fingerprint density at radius 1 is 1.29 bits per heavy atom. The number of alkyl halides is 1. The molecule has 0 saturated heterocycles. The summed E-state index contributed by atoms with van der Waals surface area (Å²) in [6, 6.07) is 6.79. The van der Waals surface area contributed by atoms with E-state index in [1.54, 1.807) is 24.3 Å². The summed E-state index contributed by atoms with van der Waals surface area (Å²) in [5.41, 5.74) is 0.531. The molecule has 96 valence electrons. The summed E-state index contributed by atoms with van der Waals surface area (Å²) in [7, 11) is -3.30. The fourth-order valence-electron chi connectivity index (χ4n) is 1.26. The van der Waals surface area contributed by atoms with Crippen molar-refractivity contribution >= 4 is 27.3 Å². The summed E-state index contributed by atoms with van der Waals surface area (Å²) in [5.74, 6) is 1.09. The van der Waals surface area contributed by atoms with Gasteiger partial charge in [-0.1, -0.05) is 0 Å². The average Bonchev–Trinajstić information content (AvgIpc) is 2.29. The standard InChI is InChI=1S/C11H16ClNO3S/c1-2-16-11-6-4-10(5-7-11)13-17(14,15)9-3-8-12/h4-7,13H,2-3,8-9H2,1H3. The van der Waals surface area contributed by atoms with Crippen LogP contribution < -0.4 is 9.46 Å². The smallest absolute Gasteiger partial charge is 0.232 e. The van der Waals surface area contributed by atoms with Crippen molar-refractivity contribution in [2.45, 2.75) is 13.3 Å². The van der Waals surface area contributed by atoms with Crippen LogP contribution >= 0.6 is 11.6 Å². The average molecular weight is 278 g/mol. The van der Waals surface area contributed by atoms with E-state index in [1.165, 1.54) is 0 Å². The molecule has 0 aromatic heterocycles. The minimum atomic E-state index is -3.30. The Kier molecular flexibility index (Phi) is 5.58. The van der Waals surface area contributed by atoms with E-state index < -0.39 is 10.0 Å². The van der Waals surface area contributed by atoms with Crippen LogP contribution in [0.3, 0.4) is 0 Å². The van der Waals surface area contributed by atoms with Gasteiger partial charge in [-0.15, -0.1) is 11.6 Å². The van der Waals surface area contributed by atoms with Crippen LogP contribution in [0, 0.1) is 0 Å². The fourth-order valence-corrected chi connectivity index (χ4v) is 2.67. The zero-order valence-electron chi connectivity index (χ0n) is 9.65. The van der Waals surface area contributed by atoms with Crippen LogP contribution in [-0.4, -0.2) is 26.7 Å². The summed E-state index contributed by atoms with van der Waals surface area (Å²) < 4.78 is 30.9. The summed E-state index contributed by atoms with van der Waals surface area (Å²) in [5, 5.41) is 0. The maximum absolute atomic E-state index is 11.6. The number of halogens is 1. The highest BCUT2D eigenvalue weighted by Gasteiger charge is 2.09. The molecule has 0 spiro atoms. The number of benzene rings is 1. The lowest BCUT2D eigenvalue weighted by Gasteiger charge is -2.08. The molecule has 0 saturated carbocycles. The maximum atomic E-state index is 11.6. The first-order chi connectivity index (χ1) is 8.07. The molecule has 0 aliphatic carbocycles. The minimum Gasteiger partial charge on any atom is -0.494 e. The van der Waals surface area contributed by atoms with Gasteiger partial charge in [-0.05, 0) is 37.6 Å². The molecular weight excluding hydrogens is 262 g/mol. The van der Waals surface area contributed by atoms with E-state index in [2.05, 4.69) is 4.72 Å². The first-order valence-electron chi connectivity index (χ1n) is 5.36. The zero-order chi connectivity index (χ0) is 12.7. The second-order valence-electron chi connectivity index (χ2n) is 3.42. The third kappa shape index (κ3) is 5.28. The Morgan fingerprint density at radius 2 is 1.94 bits per heavy atom. The van der Waals surface area contributed by atoms with E-state index in [1.807, 2.05) is 6.92 Å². The van der Waals surface area contributed by atoms with E-state index in [4.69, 9.17) is 16.3 Å². The van der Waals surface area contributed by atoms with Crippen molar-refractivity contribution in [1.29, 1.82) is 0 Å². The van der Waals surface area contributed by atoms with Gasteiger partial charge >= 0.3 is 0 Å². The SMILES string of the molecule is CCOc1ccc(NS(=O)(=O)CCCCl)cc1. The molecule has 4 nitrogen and oxygen atoms in total. The number of nitrogens with one attached hydrogen (secondary N) is 1. The van der Waals surface area contributed by atoms with Crippen LogP contribution in [0.4, 0.5) is 5.69 Å². The van der Waals surface area contributed by atoms with Crippen molar-refractivity contribution in [3.8, 4) is 5.75 Å². The van der Waals surface area contributed by atoms with Crippen molar-refractivity contribution in [2.24, 2.45) is 0 Å². The summed E-state index contributed by atoms with van der Waals surface area (Å²) in [6.45, 7) is 2.48. The molecule has 0 heterocycles. The zero-order valence-corrected chi connectivity index (χ0v) is 11.2. The van der Waals surface area contributed by atoms with Crippen LogP contribution in [-0.2, 0) is 10.0 Å². The molecule has 0 aliphatic rings. The summed E-state index contributed by atoms with van der Waals surface area (Å²) in [6.07, 6.45) is 0.438. The van der Waals surface area contributed by atoms with Crippen molar-refractivity contribution in [2.75, 3.05) is 23.0 Å². The largest absolute Gasteiger partial charge is 0.494 e. The van der Waals surface area contributed by atoms with Gasteiger partial charge in [0, 0.05) is 11.6 Å². The molecule has 0 aliphatic heterocycles. The first-order valence-corrected chi connectivity index (χ1v) is 7.55.